The molecule has 18 heavy (non-hydrogen) atoms. The van der Waals surface area contributed by atoms with Crippen LogP contribution in [0.15, 0.2) is 23.2 Å². The van der Waals surface area contributed by atoms with Gasteiger partial charge in [-0.25, -0.2) is 4.39 Å². The van der Waals surface area contributed by atoms with Crippen molar-refractivity contribution in [2.24, 2.45) is 4.99 Å². The molecule has 2 N–H and O–H groups in total. The van der Waals surface area contributed by atoms with E-state index in [1.807, 2.05) is 20.2 Å². The maximum atomic E-state index is 13.7. The fourth-order valence-corrected chi connectivity index (χ4v) is 1.49. The highest BCUT2D eigenvalue weighted by molar-refractivity contribution is 14.0. The summed E-state index contributed by atoms with van der Waals surface area (Å²) in [5.41, 5.74) is 1.47. The molecule has 4 nitrogen and oxygen atoms in total. The Hall–Kier alpha value is -1.05. The monoisotopic (exact) mass is 366 g/mol. The highest BCUT2D eigenvalue weighted by atomic mass is 127. The van der Waals surface area contributed by atoms with Crippen molar-refractivity contribution in [3.8, 4) is 0 Å². The first-order chi connectivity index (χ1) is 8.08. The zero-order chi connectivity index (χ0) is 12.8. The minimum atomic E-state index is -0.214. The number of nitrogens with zero attached hydrogens (tertiary/aromatic N) is 2. The summed E-state index contributed by atoms with van der Waals surface area (Å²) in [7, 11) is 7.11. The summed E-state index contributed by atoms with van der Waals surface area (Å²) >= 11 is 0. The van der Waals surface area contributed by atoms with Gasteiger partial charge in [0, 0.05) is 34.7 Å². The standard InChI is InChI=1S/C12H19FN4.HI/c1-14-12(15-2)16-8-9-5-6-11(17(3)4)10(13)7-9;/h5-7H,8H2,1-4H3,(H2,14,15,16);1H. The third kappa shape index (κ3) is 4.67. The molecule has 0 aliphatic rings. The van der Waals surface area contributed by atoms with Gasteiger partial charge in [-0.15, -0.1) is 24.0 Å². The lowest BCUT2D eigenvalue weighted by molar-refractivity contribution is 0.623. The summed E-state index contributed by atoms with van der Waals surface area (Å²) in [5.74, 6) is 0.468. The van der Waals surface area contributed by atoms with E-state index < -0.39 is 0 Å². The largest absolute Gasteiger partial charge is 0.375 e. The van der Waals surface area contributed by atoms with Crippen LogP contribution in [0.5, 0.6) is 0 Å². The van der Waals surface area contributed by atoms with Gasteiger partial charge in [0.05, 0.1) is 5.69 Å². The van der Waals surface area contributed by atoms with Crippen LogP contribution in [0.1, 0.15) is 5.56 Å². The first-order valence-electron chi connectivity index (χ1n) is 5.42. The van der Waals surface area contributed by atoms with Crippen molar-refractivity contribution in [1.82, 2.24) is 10.6 Å². The highest BCUT2D eigenvalue weighted by Crippen LogP contribution is 2.17. The number of nitrogens with one attached hydrogen (secondary N) is 2. The lowest BCUT2D eigenvalue weighted by atomic mass is 10.2. The SMILES string of the molecule is CN=C(NC)NCc1ccc(N(C)C)c(F)c1.I. The molecule has 0 heterocycles. The first-order valence-corrected chi connectivity index (χ1v) is 5.42. The predicted molar refractivity (Wildman–Crippen MR) is 85.4 cm³/mol. The van der Waals surface area contributed by atoms with E-state index in [1.54, 1.807) is 25.1 Å². The van der Waals surface area contributed by atoms with Crippen LogP contribution in [-0.4, -0.2) is 34.2 Å². The Morgan fingerprint density at radius 3 is 2.50 bits per heavy atom. The van der Waals surface area contributed by atoms with Crippen LogP contribution in [0.25, 0.3) is 0 Å². The van der Waals surface area contributed by atoms with Gasteiger partial charge < -0.3 is 15.5 Å². The zero-order valence-corrected chi connectivity index (χ0v) is 13.5. The molecule has 0 amide bonds. The van der Waals surface area contributed by atoms with Crippen LogP contribution in [0.3, 0.4) is 0 Å². The average Bonchev–Trinajstić information content (AvgIpc) is 2.30. The molecular weight excluding hydrogens is 346 g/mol. The van der Waals surface area contributed by atoms with Gasteiger partial charge in [-0.3, -0.25) is 4.99 Å². The normalized spacial score (nSPS) is 10.6. The Morgan fingerprint density at radius 1 is 1.39 bits per heavy atom. The molecule has 0 bridgehead atoms. The molecule has 0 radical (unpaired) electrons. The Bertz CT molecular complexity index is 407. The van der Waals surface area contributed by atoms with Crippen molar-refractivity contribution in [3.05, 3.63) is 29.6 Å². The van der Waals surface area contributed by atoms with E-state index in [9.17, 15) is 4.39 Å². The summed E-state index contributed by atoms with van der Waals surface area (Å²) in [4.78, 5) is 5.73. The molecule has 0 aliphatic heterocycles. The lowest BCUT2D eigenvalue weighted by Gasteiger charge is -2.14. The maximum absolute atomic E-state index is 13.7. The summed E-state index contributed by atoms with van der Waals surface area (Å²) in [6.45, 7) is 0.540. The van der Waals surface area contributed by atoms with Gasteiger partial charge in [0.1, 0.15) is 5.82 Å². The van der Waals surface area contributed by atoms with Gasteiger partial charge >= 0.3 is 0 Å². The van der Waals surface area contributed by atoms with Crippen LogP contribution >= 0.6 is 24.0 Å². The van der Waals surface area contributed by atoms with Crippen LogP contribution in [0, 0.1) is 5.82 Å². The smallest absolute Gasteiger partial charge is 0.190 e. The molecule has 6 heteroatoms. The fourth-order valence-electron chi connectivity index (χ4n) is 1.49. The van der Waals surface area contributed by atoms with E-state index in [1.165, 1.54) is 6.07 Å². The van der Waals surface area contributed by atoms with E-state index in [0.29, 0.717) is 18.2 Å². The second kappa shape index (κ2) is 8.12. The zero-order valence-electron chi connectivity index (χ0n) is 11.1. The summed E-state index contributed by atoms with van der Waals surface area (Å²) in [6.07, 6.45) is 0. The average molecular weight is 366 g/mol. The van der Waals surface area contributed by atoms with Gasteiger partial charge in [-0.2, -0.15) is 0 Å². The summed E-state index contributed by atoms with van der Waals surface area (Å²) < 4.78 is 13.7. The molecule has 0 spiro atoms. The summed E-state index contributed by atoms with van der Waals surface area (Å²) in [6, 6.07) is 5.20. The maximum Gasteiger partial charge on any atom is 0.190 e. The molecule has 1 aromatic rings. The number of aliphatic imine (C=N–C) groups is 1. The molecule has 0 atom stereocenters. The van der Waals surface area contributed by atoms with Crippen molar-refractivity contribution in [1.29, 1.82) is 0 Å². The molecule has 0 saturated carbocycles. The second-order valence-corrected chi connectivity index (χ2v) is 3.86. The minimum absolute atomic E-state index is 0. The van der Waals surface area contributed by atoms with E-state index in [4.69, 9.17) is 0 Å². The van der Waals surface area contributed by atoms with Crippen LogP contribution in [0.2, 0.25) is 0 Å². The second-order valence-electron chi connectivity index (χ2n) is 3.86. The molecule has 1 aromatic carbocycles. The first kappa shape index (κ1) is 16.9. The number of rotatable bonds is 3. The Labute approximate surface area is 125 Å². The van der Waals surface area contributed by atoms with Crippen LogP contribution in [0.4, 0.5) is 10.1 Å². The van der Waals surface area contributed by atoms with Gasteiger partial charge in [-0.05, 0) is 17.7 Å². The highest BCUT2D eigenvalue weighted by Gasteiger charge is 2.05. The lowest BCUT2D eigenvalue weighted by Crippen LogP contribution is -2.34. The molecule has 1 rings (SSSR count). The van der Waals surface area contributed by atoms with Crippen molar-refractivity contribution in [2.75, 3.05) is 33.1 Å². The van der Waals surface area contributed by atoms with Crippen molar-refractivity contribution in [3.63, 3.8) is 0 Å². The third-order valence-electron chi connectivity index (χ3n) is 2.41. The van der Waals surface area contributed by atoms with Crippen molar-refractivity contribution in [2.45, 2.75) is 6.54 Å². The molecular formula is C12H20FIN4. The number of anilines is 1. The van der Waals surface area contributed by atoms with Crippen LogP contribution < -0.4 is 15.5 Å². The molecule has 0 aromatic heterocycles. The molecule has 102 valence electrons. The van der Waals surface area contributed by atoms with Crippen molar-refractivity contribution < 1.29 is 4.39 Å². The molecule has 0 fully saturated rings. The Balaban J connectivity index is 0.00000289. The quantitative estimate of drug-likeness (QED) is 0.487. The molecule has 0 unspecified atom stereocenters. The topological polar surface area (TPSA) is 39.7 Å². The van der Waals surface area contributed by atoms with E-state index in [2.05, 4.69) is 15.6 Å². The summed E-state index contributed by atoms with van der Waals surface area (Å²) in [5, 5.41) is 5.97. The fraction of sp³-hybridized carbons (Fsp3) is 0.417. The number of hydrogen-bond donors (Lipinski definition) is 2. The minimum Gasteiger partial charge on any atom is -0.375 e. The van der Waals surface area contributed by atoms with Crippen molar-refractivity contribution >= 4 is 35.6 Å². The number of halogens is 2. The number of guanidine groups is 1. The van der Waals surface area contributed by atoms with Crippen LogP contribution in [-0.2, 0) is 6.54 Å². The Morgan fingerprint density at radius 2 is 2.06 bits per heavy atom. The molecule has 0 saturated heterocycles. The Kier molecular flexibility index (Phi) is 7.65. The molecule has 0 aliphatic carbocycles. The predicted octanol–water partition coefficient (Wildman–Crippen LogP) is 1.80. The number of hydrogen-bond acceptors (Lipinski definition) is 2. The van der Waals surface area contributed by atoms with Gasteiger partial charge in [0.15, 0.2) is 5.96 Å². The van der Waals surface area contributed by atoms with Gasteiger partial charge in [0.2, 0.25) is 0 Å². The van der Waals surface area contributed by atoms with E-state index in [-0.39, 0.29) is 29.8 Å². The third-order valence-corrected chi connectivity index (χ3v) is 2.41. The van der Waals surface area contributed by atoms with E-state index in [0.717, 1.165) is 5.56 Å². The number of benzene rings is 1. The van der Waals surface area contributed by atoms with E-state index >= 15 is 0 Å². The van der Waals surface area contributed by atoms with Gasteiger partial charge in [0.25, 0.3) is 0 Å². The van der Waals surface area contributed by atoms with Gasteiger partial charge in [-0.1, -0.05) is 6.07 Å².